The Hall–Kier alpha value is -2.89. The van der Waals surface area contributed by atoms with E-state index in [1.165, 1.54) is 0 Å². The number of benzene rings is 1. The lowest BCUT2D eigenvalue weighted by Crippen LogP contribution is -2.25. The lowest BCUT2D eigenvalue weighted by Gasteiger charge is -2.23. The molecule has 27 heavy (non-hydrogen) atoms. The number of oxazole rings is 1. The highest BCUT2D eigenvalue weighted by Crippen LogP contribution is 2.42. The molecule has 1 amide bonds. The minimum Gasteiger partial charge on any atom is -0.448 e. The van der Waals surface area contributed by atoms with E-state index in [1.807, 2.05) is 48.9 Å². The molecule has 1 atom stereocenters. The number of para-hydroxylation sites is 1. The number of hydrogen-bond donors (Lipinski definition) is 1. The molecule has 3 aromatic rings. The van der Waals surface area contributed by atoms with E-state index in [4.69, 9.17) is 9.52 Å². The third-order valence-corrected chi connectivity index (χ3v) is 4.88. The van der Waals surface area contributed by atoms with Crippen molar-refractivity contribution in [2.24, 2.45) is 0 Å². The SMILES string of the molecule is CC(C)c1nc([C@H]2CC(=O)Nc3c2c(C(C)C)nn3-c2ccccc2)co1. The predicted molar refractivity (Wildman–Crippen MR) is 103 cm³/mol. The first-order chi connectivity index (χ1) is 13.0. The van der Waals surface area contributed by atoms with Crippen LogP contribution in [0.5, 0.6) is 0 Å². The molecular weight excluding hydrogens is 340 g/mol. The van der Waals surface area contributed by atoms with Gasteiger partial charge in [-0.25, -0.2) is 9.67 Å². The zero-order chi connectivity index (χ0) is 19.1. The minimum absolute atomic E-state index is 0.0333. The fourth-order valence-electron chi connectivity index (χ4n) is 3.54. The number of hydrogen-bond acceptors (Lipinski definition) is 4. The maximum atomic E-state index is 12.5. The first kappa shape index (κ1) is 17.5. The normalized spacial score (nSPS) is 16.7. The molecule has 1 aromatic carbocycles. The molecule has 0 spiro atoms. The fourth-order valence-corrected chi connectivity index (χ4v) is 3.54. The Labute approximate surface area is 158 Å². The van der Waals surface area contributed by atoms with Crippen LogP contribution >= 0.6 is 0 Å². The average molecular weight is 364 g/mol. The quantitative estimate of drug-likeness (QED) is 0.735. The van der Waals surface area contributed by atoms with Crippen LogP contribution in [-0.4, -0.2) is 20.7 Å². The summed E-state index contributed by atoms with van der Waals surface area (Å²) in [6, 6.07) is 9.87. The second-order valence-electron chi connectivity index (χ2n) is 7.62. The molecule has 2 aromatic heterocycles. The summed E-state index contributed by atoms with van der Waals surface area (Å²) in [6.45, 7) is 8.32. The molecule has 3 heterocycles. The zero-order valence-electron chi connectivity index (χ0n) is 16.1. The van der Waals surface area contributed by atoms with Crippen molar-refractivity contribution in [1.82, 2.24) is 14.8 Å². The Morgan fingerprint density at radius 1 is 1.15 bits per heavy atom. The van der Waals surface area contributed by atoms with Gasteiger partial charge in [0.05, 0.1) is 17.1 Å². The van der Waals surface area contributed by atoms with Crippen molar-refractivity contribution in [3.05, 3.63) is 59.4 Å². The van der Waals surface area contributed by atoms with Crippen LogP contribution in [0.1, 0.15) is 74.7 Å². The van der Waals surface area contributed by atoms with Crippen LogP contribution in [0, 0.1) is 0 Å². The van der Waals surface area contributed by atoms with Gasteiger partial charge in [-0.2, -0.15) is 5.10 Å². The lowest BCUT2D eigenvalue weighted by molar-refractivity contribution is -0.116. The van der Waals surface area contributed by atoms with Crippen molar-refractivity contribution in [3.8, 4) is 5.69 Å². The summed E-state index contributed by atoms with van der Waals surface area (Å²) in [5.74, 6) is 1.66. The van der Waals surface area contributed by atoms with Crippen LogP contribution in [0.3, 0.4) is 0 Å². The predicted octanol–water partition coefficient (Wildman–Crippen LogP) is 4.58. The standard InChI is InChI=1S/C21H24N4O2/c1-12(2)19-18-15(16-11-27-21(22-16)13(3)4)10-17(26)23-20(18)25(24-19)14-8-6-5-7-9-14/h5-9,11-13,15H,10H2,1-4H3,(H,23,26)/t15-/m1/s1. The van der Waals surface area contributed by atoms with Gasteiger partial charge in [-0.3, -0.25) is 4.79 Å². The molecule has 1 aliphatic rings. The number of anilines is 1. The molecule has 6 heteroatoms. The number of rotatable bonds is 4. The van der Waals surface area contributed by atoms with Gasteiger partial charge in [0.2, 0.25) is 5.91 Å². The van der Waals surface area contributed by atoms with E-state index in [9.17, 15) is 4.79 Å². The first-order valence-corrected chi connectivity index (χ1v) is 9.39. The monoisotopic (exact) mass is 364 g/mol. The summed E-state index contributed by atoms with van der Waals surface area (Å²) in [7, 11) is 0. The molecule has 6 nitrogen and oxygen atoms in total. The number of aromatic nitrogens is 3. The van der Waals surface area contributed by atoms with E-state index >= 15 is 0 Å². The van der Waals surface area contributed by atoms with Gasteiger partial charge in [-0.05, 0) is 18.1 Å². The number of nitrogens with one attached hydrogen (secondary N) is 1. The smallest absolute Gasteiger partial charge is 0.226 e. The van der Waals surface area contributed by atoms with E-state index in [0.29, 0.717) is 12.3 Å². The largest absolute Gasteiger partial charge is 0.448 e. The Morgan fingerprint density at radius 3 is 2.52 bits per heavy atom. The van der Waals surface area contributed by atoms with E-state index in [1.54, 1.807) is 6.26 Å². The van der Waals surface area contributed by atoms with Crippen molar-refractivity contribution >= 4 is 11.7 Å². The molecule has 0 fully saturated rings. The Bertz CT molecular complexity index is 969. The van der Waals surface area contributed by atoms with Crippen LogP contribution in [0.4, 0.5) is 5.82 Å². The van der Waals surface area contributed by atoms with Gasteiger partial charge in [-0.15, -0.1) is 0 Å². The molecule has 0 radical (unpaired) electrons. The van der Waals surface area contributed by atoms with Crippen LogP contribution in [0.15, 0.2) is 41.0 Å². The molecular formula is C21H24N4O2. The number of carbonyl (C=O) groups excluding carboxylic acids is 1. The van der Waals surface area contributed by atoms with E-state index < -0.39 is 0 Å². The number of nitrogens with zero attached hydrogens (tertiary/aromatic N) is 3. The molecule has 0 aliphatic carbocycles. The van der Waals surface area contributed by atoms with Crippen LogP contribution in [-0.2, 0) is 4.79 Å². The van der Waals surface area contributed by atoms with Crippen molar-refractivity contribution in [2.45, 2.75) is 51.9 Å². The Kier molecular flexibility index (Phi) is 4.34. The highest BCUT2D eigenvalue weighted by molar-refractivity contribution is 5.95. The third-order valence-electron chi connectivity index (χ3n) is 4.88. The summed E-state index contributed by atoms with van der Waals surface area (Å²) >= 11 is 0. The fraction of sp³-hybridized carbons (Fsp3) is 0.381. The molecule has 4 rings (SSSR count). The summed E-state index contributed by atoms with van der Waals surface area (Å²) in [4.78, 5) is 17.2. The van der Waals surface area contributed by atoms with Crippen molar-refractivity contribution in [2.75, 3.05) is 5.32 Å². The van der Waals surface area contributed by atoms with Crippen LogP contribution in [0.2, 0.25) is 0 Å². The van der Waals surface area contributed by atoms with Gasteiger partial charge in [0.15, 0.2) is 5.89 Å². The van der Waals surface area contributed by atoms with Crippen LogP contribution < -0.4 is 5.32 Å². The molecule has 0 saturated carbocycles. The Morgan fingerprint density at radius 2 is 1.89 bits per heavy atom. The van der Waals surface area contributed by atoms with Crippen LogP contribution in [0.25, 0.3) is 5.69 Å². The summed E-state index contributed by atoms with van der Waals surface area (Å²) in [5.41, 5.74) is 3.74. The number of amides is 1. The molecule has 0 bridgehead atoms. The topological polar surface area (TPSA) is 73.0 Å². The second-order valence-corrected chi connectivity index (χ2v) is 7.62. The van der Waals surface area contributed by atoms with Crippen molar-refractivity contribution in [3.63, 3.8) is 0 Å². The van der Waals surface area contributed by atoms with Gasteiger partial charge in [0.25, 0.3) is 0 Å². The van der Waals surface area contributed by atoms with E-state index in [0.717, 1.165) is 28.5 Å². The molecule has 1 aliphatic heterocycles. The van der Waals surface area contributed by atoms with Gasteiger partial charge in [0.1, 0.15) is 12.1 Å². The first-order valence-electron chi connectivity index (χ1n) is 9.39. The maximum absolute atomic E-state index is 12.5. The van der Waals surface area contributed by atoms with E-state index in [-0.39, 0.29) is 23.7 Å². The van der Waals surface area contributed by atoms with Gasteiger partial charge in [-0.1, -0.05) is 45.9 Å². The summed E-state index contributed by atoms with van der Waals surface area (Å²) in [6.07, 6.45) is 2.03. The molecule has 140 valence electrons. The molecule has 0 unspecified atom stereocenters. The third kappa shape index (κ3) is 3.05. The maximum Gasteiger partial charge on any atom is 0.226 e. The van der Waals surface area contributed by atoms with Crippen molar-refractivity contribution in [1.29, 1.82) is 0 Å². The average Bonchev–Trinajstić information content (AvgIpc) is 3.27. The van der Waals surface area contributed by atoms with Gasteiger partial charge < -0.3 is 9.73 Å². The number of carbonyl (C=O) groups is 1. The molecule has 0 saturated heterocycles. The summed E-state index contributed by atoms with van der Waals surface area (Å²) < 4.78 is 7.48. The van der Waals surface area contributed by atoms with Crippen molar-refractivity contribution < 1.29 is 9.21 Å². The lowest BCUT2D eigenvalue weighted by atomic mass is 9.87. The minimum atomic E-state index is -0.153. The highest BCUT2D eigenvalue weighted by atomic mass is 16.3. The van der Waals surface area contributed by atoms with Gasteiger partial charge >= 0.3 is 0 Å². The Balaban J connectivity index is 1.89. The van der Waals surface area contributed by atoms with E-state index in [2.05, 4.69) is 24.1 Å². The summed E-state index contributed by atoms with van der Waals surface area (Å²) in [5, 5.41) is 7.89. The second kappa shape index (κ2) is 6.68. The molecule has 1 N–H and O–H groups in total. The zero-order valence-corrected chi connectivity index (χ0v) is 16.1. The highest BCUT2D eigenvalue weighted by Gasteiger charge is 2.36. The van der Waals surface area contributed by atoms with Gasteiger partial charge in [0, 0.05) is 23.8 Å². The number of fused-ring (bicyclic) bond motifs is 1.